The Morgan fingerprint density at radius 3 is 2.24 bits per heavy atom. The minimum atomic E-state index is -0.621. The van der Waals surface area contributed by atoms with Gasteiger partial charge in [-0.2, -0.15) is 0 Å². The molecule has 3 nitrogen and oxygen atoms in total. The van der Waals surface area contributed by atoms with Crippen LogP contribution in [-0.4, -0.2) is 36.2 Å². The first-order valence-corrected chi connectivity index (χ1v) is 6.34. The van der Waals surface area contributed by atoms with Gasteiger partial charge in [-0.05, 0) is 25.1 Å². The van der Waals surface area contributed by atoms with E-state index in [0.29, 0.717) is 0 Å². The number of nitrogens with zero attached hydrogens (tertiary/aromatic N) is 1. The molecule has 0 aliphatic carbocycles. The second-order valence-corrected chi connectivity index (χ2v) is 4.46. The number of rotatable bonds is 7. The van der Waals surface area contributed by atoms with Crippen LogP contribution in [0.5, 0.6) is 0 Å². The Morgan fingerprint density at radius 1 is 1.18 bits per heavy atom. The molecule has 0 amide bonds. The molecule has 0 aliphatic heterocycles. The Hall–Kier alpha value is -0.900. The van der Waals surface area contributed by atoms with Gasteiger partial charge in [-0.3, -0.25) is 0 Å². The van der Waals surface area contributed by atoms with Crippen LogP contribution in [0.25, 0.3) is 0 Å². The van der Waals surface area contributed by atoms with Gasteiger partial charge in [0.05, 0.1) is 12.1 Å². The quantitative estimate of drug-likeness (QED) is 0.755. The van der Waals surface area contributed by atoms with Crippen molar-refractivity contribution in [3.05, 3.63) is 35.9 Å². The van der Waals surface area contributed by atoms with Crippen LogP contribution >= 0.6 is 0 Å². The fraction of sp³-hybridized carbons (Fsp3) is 0.571. The molecule has 0 fully saturated rings. The van der Waals surface area contributed by atoms with Crippen LogP contribution in [0.2, 0.25) is 0 Å². The van der Waals surface area contributed by atoms with Gasteiger partial charge in [-0.15, -0.1) is 0 Å². The highest BCUT2D eigenvalue weighted by molar-refractivity contribution is 5.24. The average molecular weight is 236 g/mol. The lowest BCUT2D eigenvalue weighted by molar-refractivity contribution is 0.166. The topological polar surface area (TPSA) is 49.5 Å². The molecule has 1 unspecified atom stereocenters. The Balaban J connectivity index is 2.69. The smallest absolute Gasteiger partial charge is 0.0656 e. The molecule has 3 N–H and O–H groups in total. The summed E-state index contributed by atoms with van der Waals surface area (Å²) in [5.74, 6) is 0. The third-order valence-corrected chi connectivity index (χ3v) is 3.40. The van der Waals surface area contributed by atoms with Gasteiger partial charge < -0.3 is 15.7 Å². The molecular weight excluding hydrogens is 212 g/mol. The summed E-state index contributed by atoms with van der Waals surface area (Å²) in [6.45, 7) is 7.23. The van der Waals surface area contributed by atoms with Crippen molar-refractivity contribution < 1.29 is 5.11 Å². The Morgan fingerprint density at radius 2 is 1.76 bits per heavy atom. The lowest BCUT2D eigenvalue weighted by Gasteiger charge is -2.30. The highest BCUT2D eigenvalue weighted by Gasteiger charge is 2.26. The first-order valence-electron chi connectivity index (χ1n) is 6.34. The Kier molecular flexibility index (Phi) is 5.62. The largest absolute Gasteiger partial charge is 0.394 e. The predicted molar refractivity (Wildman–Crippen MR) is 71.8 cm³/mol. The van der Waals surface area contributed by atoms with Crippen molar-refractivity contribution in [2.75, 3.05) is 26.2 Å². The van der Waals surface area contributed by atoms with Crippen LogP contribution in [-0.2, 0) is 5.54 Å². The van der Waals surface area contributed by atoms with Gasteiger partial charge in [0.15, 0.2) is 0 Å². The summed E-state index contributed by atoms with van der Waals surface area (Å²) in [6.07, 6.45) is 0.773. The summed E-state index contributed by atoms with van der Waals surface area (Å²) in [7, 11) is 0. The van der Waals surface area contributed by atoms with E-state index >= 15 is 0 Å². The molecule has 0 aromatic heterocycles. The summed E-state index contributed by atoms with van der Waals surface area (Å²) in [5.41, 5.74) is 6.69. The normalized spacial score (nSPS) is 14.9. The third-order valence-electron chi connectivity index (χ3n) is 3.40. The van der Waals surface area contributed by atoms with Crippen molar-refractivity contribution in [3.8, 4) is 0 Å². The van der Waals surface area contributed by atoms with E-state index in [1.807, 2.05) is 30.3 Å². The van der Waals surface area contributed by atoms with Crippen LogP contribution in [0.4, 0.5) is 0 Å². The van der Waals surface area contributed by atoms with E-state index in [1.165, 1.54) is 0 Å². The summed E-state index contributed by atoms with van der Waals surface area (Å²) in [6, 6.07) is 9.86. The molecule has 1 aromatic carbocycles. The van der Waals surface area contributed by atoms with Gasteiger partial charge in [0.2, 0.25) is 0 Å². The van der Waals surface area contributed by atoms with Gasteiger partial charge in [0.1, 0.15) is 0 Å². The van der Waals surface area contributed by atoms with Gasteiger partial charge in [0.25, 0.3) is 0 Å². The van der Waals surface area contributed by atoms with Crippen molar-refractivity contribution in [3.63, 3.8) is 0 Å². The molecule has 0 bridgehead atoms. The molecule has 0 spiro atoms. The number of hydrogen-bond acceptors (Lipinski definition) is 3. The van der Waals surface area contributed by atoms with Crippen LogP contribution in [0.1, 0.15) is 25.8 Å². The van der Waals surface area contributed by atoms with Crippen molar-refractivity contribution in [2.24, 2.45) is 5.73 Å². The van der Waals surface area contributed by atoms with Crippen molar-refractivity contribution in [1.82, 2.24) is 4.90 Å². The molecule has 1 atom stereocenters. The van der Waals surface area contributed by atoms with Crippen molar-refractivity contribution in [1.29, 1.82) is 0 Å². The third kappa shape index (κ3) is 3.80. The van der Waals surface area contributed by atoms with Crippen LogP contribution in [0, 0.1) is 0 Å². The highest BCUT2D eigenvalue weighted by atomic mass is 16.3. The standard InChI is InChI=1S/C14H24N2O/c1-3-16(4-2)11-10-14(15,12-17)13-8-6-5-7-9-13/h5-9,17H,3-4,10-12,15H2,1-2H3. The molecule has 0 saturated heterocycles. The molecule has 1 aromatic rings. The molecule has 96 valence electrons. The zero-order valence-corrected chi connectivity index (χ0v) is 10.9. The van der Waals surface area contributed by atoms with Crippen molar-refractivity contribution >= 4 is 0 Å². The number of nitrogens with two attached hydrogens (primary N) is 1. The van der Waals surface area contributed by atoms with Crippen LogP contribution < -0.4 is 5.73 Å². The average Bonchev–Trinajstić information content (AvgIpc) is 2.40. The second-order valence-electron chi connectivity index (χ2n) is 4.46. The maximum absolute atomic E-state index is 9.55. The second kappa shape index (κ2) is 6.74. The maximum atomic E-state index is 9.55. The lowest BCUT2D eigenvalue weighted by Crippen LogP contribution is -2.43. The van der Waals surface area contributed by atoms with Crippen LogP contribution in [0.15, 0.2) is 30.3 Å². The number of benzene rings is 1. The Bertz CT molecular complexity index is 311. The summed E-state index contributed by atoms with van der Waals surface area (Å²) >= 11 is 0. The molecular formula is C14H24N2O. The molecule has 17 heavy (non-hydrogen) atoms. The van der Waals surface area contributed by atoms with Gasteiger partial charge >= 0.3 is 0 Å². The molecule has 1 rings (SSSR count). The van der Waals surface area contributed by atoms with Gasteiger partial charge in [-0.1, -0.05) is 44.2 Å². The minimum absolute atomic E-state index is 0.0156. The number of aliphatic hydroxyl groups excluding tert-OH is 1. The zero-order chi connectivity index (χ0) is 12.7. The van der Waals surface area contributed by atoms with E-state index in [9.17, 15) is 5.11 Å². The SMILES string of the molecule is CCN(CC)CCC(N)(CO)c1ccccc1. The van der Waals surface area contributed by atoms with Gasteiger partial charge in [-0.25, -0.2) is 0 Å². The summed E-state index contributed by atoms with van der Waals surface area (Å²) < 4.78 is 0. The zero-order valence-electron chi connectivity index (χ0n) is 10.9. The molecule has 0 radical (unpaired) electrons. The van der Waals surface area contributed by atoms with E-state index in [-0.39, 0.29) is 6.61 Å². The molecule has 0 aliphatic rings. The first-order chi connectivity index (χ1) is 8.16. The fourth-order valence-corrected chi connectivity index (χ4v) is 1.98. The predicted octanol–water partition coefficient (Wildman–Crippen LogP) is 1.56. The first kappa shape index (κ1) is 14.2. The van der Waals surface area contributed by atoms with Crippen molar-refractivity contribution in [2.45, 2.75) is 25.8 Å². The fourth-order valence-electron chi connectivity index (χ4n) is 1.98. The highest BCUT2D eigenvalue weighted by Crippen LogP contribution is 2.21. The van der Waals surface area contributed by atoms with E-state index in [4.69, 9.17) is 5.73 Å². The molecule has 0 heterocycles. The van der Waals surface area contributed by atoms with E-state index in [1.54, 1.807) is 0 Å². The van der Waals surface area contributed by atoms with E-state index in [0.717, 1.165) is 31.6 Å². The summed E-state index contributed by atoms with van der Waals surface area (Å²) in [4.78, 5) is 2.32. The Labute approximate surface area is 104 Å². The van der Waals surface area contributed by atoms with E-state index in [2.05, 4.69) is 18.7 Å². The number of aliphatic hydroxyl groups is 1. The van der Waals surface area contributed by atoms with E-state index < -0.39 is 5.54 Å². The molecule has 0 saturated carbocycles. The lowest BCUT2D eigenvalue weighted by atomic mass is 9.88. The monoisotopic (exact) mass is 236 g/mol. The van der Waals surface area contributed by atoms with Crippen LogP contribution in [0.3, 0.4) is 0 Å². The maximum Gasteiger partial charge on any atom is 0.0656 e. The number of hydrogen-bond donors (Lipinski definition) is 2. The summed E-state index contributed by atoms with van der Waals surface area (Å²) in [5, 5.41) is 9.55. The van der Waals surface area contributed by atoms with Gasteiger partial charge in [0, 0.05) is 6.54 Å². The minimum Gasteiger partial charge on any atom is -0.394 e. The molecule has 3 heteroatoms.